The van der Waals surface area contributed by atoms with Crippen LogP contribution in [0.3, 0.4) is 0 Å². The summed E-state index contributed by atoms with van der Waals surface area (Å²) in [6.45, 7) is 3.43. The summed E-state index contributed by atoms with van der Waals surface area (Å²) in [6.07, 6.45) is 0.662. The predicted octanol–water partition coefficient (Wildman–Crippen LogP) is 2.15. The molecule has 0 aliphatic heterocycles. The molecule has 3 nitrogen and oxygen atoms in total. The molecule has 80 valence electrons. The summed E-state index contributed by atoms with van der Waals surface area (Å²) in [6, 6.07) is 6.63. The number of aromatic carboxylic acids is 1. The zero-order chi connectivity index (χ0) is 11.4. The highest BCUT2D eigenvalue weighted by Gasteiger charge is 2.09. The van der Waals surface area contributed by atoms with Gasteiger partial charge in [-0.3, -0.25) is 4.79 Å². The minimum absolute atomic E-state index is 0.0133. The number of carbonyl (C=O) groups excluding carboxylic acids is 1. The maximum Gasteiger partial charge on any atom is 0.335 e. The van der Waals surface area contributed by atoms with Crippen molar-refractivity contribution < 1.29 is 14.7 Å². The molecule has 0 aromatic heterocycles. The van der Waals surface area contributed by atoms with E-state index in [-0.39, 0.29) is 17.3 Å². The minimum Gasteiger partial charge on any atom is -0.478 e. The second-order valence-electron chi connectivity index (χ2n) is 3.72. The van der Waals surface area contributed by atoms with Crippen molar-refractivity contribution in [3.05, 3.63) is 35.4 Å². The third-order valence-electron chi connectivity index (χ3n) is 2.44. The normalized spacial score (nSPS) is 12.1. The molecule has 15 heavy (non-hydrogen) atoms. The number of carboxylic acid groups (broad SMARTS) is 1. The van der Waals surface area contributed by atoms with Crippen molar-refractivity contribution in [3.8, 4) is 0 Å². The van der Waals surface area contributed by atoms with Gasteiger partial charge in [0.1, 0.15) is 5.78 Å². The fourth-order valence-electron chi connectivity index (χ4n) is 1.28. The standard InChI is InChI=1S/C12H14O3/c1-8(9(2)13)7-10-3-5-11(6-4-10)12(14)15/h3-6,8H,7H2,1-2H3,(H,14,15)/t8-/m0/s1. The molecule has 3 heteroatoms. The van der Waals surface area contributed by atoms with Crippen LogP contribution in [0.15, 0.2) is 24.3 Å². The largest absolute Gasteiger partial charge is 0.478 e. The van der Waals surface area contributed by atoms with E-state index < -0.39 is 5.97 Å². The maximum atomic E-state index is 11.0. The molecule has 0 bridgehead atoms. The fourth-order valence-corrected chi connectivity index (χ4v) is 1.28. The van der Waals surface area contributed by atoms with Gasteiger partial charge in [0.25, 0.3) is 0 Å². The van der Waals surface area contributed by atoms with E-state index in [0.717, 1.165) is 5.56 Å². The SMILES string of the molecule is CC(=O)[C@@H](C)Cc1ccc(C(=O)O)cc1. The fraction of sp³-hybridized carbons (Fsp3) is 0.333. The van der Waals surface area contributed by atoms with Crippen molar-refractivity contribution >= 4 is 11.8 Å². The first-order valence-electron chi connectivity index (χ1n) is 4.83. The van der Waals surface area contributed by atoms with E-state index >= 15 is 0 Å². The molecule has 1 rings (SSSR count). The van der Waals surface area contributed by atoms with E-state index in [0.29, 0.717) is 6.42 Å². The Morgan fingerprint density at radius 1 is 1.27 bits per heavy atom. The lowest BCUT2D eigenvalue weighted by Gasteiger charge is -2.07. The highest BCUT2D eigenvalue weighted by atomic mass is 16.4. The van der Waals surface area contributed by atoms with Crippen LogP contribution in [0.1, 0.15) is 29.8 Å². The molecule has 0 unspecified atom stereocenters. The van der Waals surface area contributed by atoms with E-state index in [1.54, 1.807) is 31.2 Å². The van der Waals surface area contributed by atoms with Crippen LogP contribution in [0.25, 0.3) is 0 Å². The number of ketones is 1. The molecule has 0 saturated heterocycles. The topological polar surface area (TPSA) is 54.4 Å². The van der Waals surface area contributed by atoms with E-state index in [1.165, 1.54) is 0 Å². The first kappa shape index (κ1) is 11.4. The van der Waals surface area contributed by atoms with Crippen LogP contribution < -0.4 is 0 Å². The van der Waals surface area contributed by atoms with Crippen LogP contribution in [0.2, 0.25) is 0 Å². The third kappa shape index (κ3) is 3.20. The molecule has 0 aliphatic rings. The van der Waals surface area contributed by atoms with Gasteiger partial charge in [-0.05, 0) is 31.0 Å². The molecule has 1 aromatic carbocycles. The summed E-state index contributed by atoms with van der Waals surface area (Å²) in [5, 5.41) is 8.69. The van der Waals surface area contributed by atoms with Crippen molar-refractivity contribution in [3.63, 3.8) is 0 Å². The Hall–Kier alpha value is -1.64. The van der Waals surface area contributed by atoms with E-state index in [9.17, 15) is 9.59 Å². The van der Waals surface area contributed by atoms with Crippen LogP contribution >= 0.6 is 0 Å². The lowest BCUT2D eigenvalue weighted by Crippen LogP contribution is -2.09. The summed E-state index contributed by atoms with van der Waals surface area (Å²) in [7, 11) is 0. The third-order valence-corrected chi connectivity index (χ3v) is 2.44. The first-order chi connectivity index (χ1) is 7.00. The zero-order valence-electron chi connectivity index (χ0n) is 8.86. The summed E-state index contributed by atoms with van der Waals surface area (Å²) in [5.74, 6) is -0.792. The van der Waals surface area contributed by atoms with Crippen molar-refractivity contribution in [2.45, 2.75) is 20.3 Å². The van der Waals surface area contributed by atoms with Crippen LogP contribution in [0.5, 0.6) is 0 Å². The molecule has 0 spiro atoms. The van der Waals surface area contributed by atoms with Crippen LogP contribution in [0.4, 0.5) is 0 Å². The van der Waals surface area contributed by atoms with Crippen molar-refractivity contribution in [2.75, 3.05) is 0 Å². The Bertz CT molecular complexity index is 365. The Morgan fingerprint density at radius 3 is 2.20 bits per heavy atom. The summed E-state index contributed by atoms with van der Waals surface area (Å²) in [4.78, 5) is 21.6. The average molecular weight is 206 g/mol. The van der Waals surface area contributed by atoms with E-state index in [2.05, 4.69) is 0 Å². The van der Waals surface area contributed by atoms with Crippen molar-refractivity contribution in [1.29, 1.82) is 0 Å². The number of hydrogen-bond acceptors (Lipinski definition) is 2. The lowest BCUT2D eigenvalue weighted by molar-refractivity contribution is -0.120. The maximum absolute atomic E-state index is 11.0. The van der Waals surface area contributed by atoms with Gasteiger partial charge in [-0.15, -0.1) is 0 Å². The van der Waals surface area contributed by atoms with Crippen LogP contribution in [-0.2, 0) is 11.2 Å². The number of carbonyl (C=O) groups is 2. The van der Waals surface area contributed by atoms with Gasteiger partial charge in [0.2, 0.25) is 0 Å². The summed E-state index contributed by atoms with van der Waals surface area (Å²) >= 11 is 0. The Morgan fingerprint density at radius 2 is 1.80 bits per heavy atom. The summed E-state index contributed by atoms with van der Waals surface area (Å²) < 4.78 is 0. The first-order valence-corrected chi connectivity index (χ1v) is 4.83. The van der Waals surface area contributed by atoms with Gasteiger partial charge in [-0.25, -0.2) is 4.79 Å². The van der Waals surface area contributed by atoms with Crippen LogP contribution in [-0.4, -0.2) is 16.9 Å². The van der Waals surface area contributed by atoms with Gasteiger partial charge >= 0.3 is 5.97 Å². The number of benzene rings is 1. The number of Topliss-reactive ketones (excluding diaryl/α,β-unsaturated/α-hetero) is 1. The second kappa shape index (κ2) is 4.73. The quantitative estimate of drug-likeness (QED) is 0.821. The molecule has 0 fully saturated rings. The van der Waals surface area contributed by atoms with E-state index in [4.69, 9.17) is 5.11 Å². The van der Waals surface area contributed by atoms with Gasteiger partial charge in [-0.1, -0.05) is 19.1 Å². The van der Waals surface area contributed by atoms with E-state index in [1.807, 2.05) is 6.92 Å². The molecule has 1 atom stereocenters. The van der Waals surface area contributed by atoms with Gasteiger partial charge in [0.15, 0.2) is 0 Å². The average Bonchev–Trinajstić information content (AvgIpc) is 2.18. The smallest absolute Gasteiger partial charge is 0.335 e. The molecule has 0 radical (unpaired) electrons. The number of hydrogen-bond donors (Lipinski definition) is 1. The highest BCUT2D eigenvalue weighted by molar-refractivity contribution is 5.87. The van der Waals surface area contributed by atoms with Crippen molar-refractivity contribution in [2.24, 2.45) is 5.92 Å². The molecule has 0 aliphatic carbocycles. The molecular weight excluding hydrogens is 192 g/mol. The minimum atomic E-state index is -0.929. The number of carboxylic acids is 1. The molecule has 0 amide bonds. The second-order valence-corrected chi connectivity index (χ2v) is 3.72. The van der Waals surface area contributed by atoms with Crippen LogP contribution in [0, 0.1) is 5.92 Å². The molecule has 0 saturated carbocycles. The lowest BCUT2D eigenvalue weighted by atomic mass is 9.97. The summed E-state index contributed by atoms with van der Waals surface area (Å²) in [5.41, 5.74) is 1.26. The molecular formula is C12H14O3. The zero-order valence-corrected chi connectivity index (χ0v) is 8.86. The van der Waals surface area contributed by atoms with Crippen molar-refractivity contribution in [1.82, 2.24) is 0 Å². The highest BCUT2D eigenvalue weighted by Crippen LogP contribution is 2.10. The monoisotopic (exact) mass is 206 g/mol. The van der Waals surface area contributed by atoms with Gasteiger partial charge in [0, 0.05) is 5.92 Å². The van der Waals surface area contributed by atoms with Gasteiger partial charge < -0.3 is 5.11 Å². The predicted molar refractivity (Wildman–Crippen MR) is 57.0 cm³/mol. The number of rotatable bonds is 4. The molecule has 1 N–H and O–H groups in total. The molecule has 0 heterocycles. The molecule has 1 aromatic rings. The Labute approximate surface area is 88.7 Å². The van der Waals surface area contributed by atoms with Gasteiger partial charge in [-0.2, -0.15) is 0 Å². The Kier molecular flexibility index (Phi) is 3.61. The van der Waals surface area contributed by atoms with Gasteiger partial charge in [0.05, 0.1) is 5.56 Å². The Balaban J connectivity index is 2.72.